The lowest BCUT2D eigenvalue weighted by Gasteiger charge is -2.31. The molecule has 0 aromatic heterocycles. The van der Waals surface area contributed by atoms with Crippen molar-refractivity contribution < 1.29 is 4.74 Å². The number of hydrogen-bond acceptors (Lipinski definition) is 2. The van der Waals surface area contributed by atoms with Crippen LogP contribution < -0.4 is 5.32 Å². The summed E-state index contributed by atoms with van der Waals surface area (Å²) in [5.41, 5.74) is 0.598. The average molecular weight is 253 g/mol. The molecule has 0 bridgehead atoms. The third-order valence-corrected chi connectivity index (χ3v) is 4.74. The Kier molecular flexibility index (Phi) is 5.50. The van der Waals surface area contributed by atoms with Gasteiger partial charge in [0.2, 0.25) is 0 Å². The highest BCUT2D eigenvalue weighted by Gasteiger charge is 2.34. The van der Waals surface area contributed by atoms with E-state index in [0.717, 1.165) is 12.5 Å². The van der Waals surface area contributed by atoms with Crippen LogP contribution in [0.25, 0.3) is 0 Å². The first-order chi connectivity index (χ1) is 8.70. The molecule has 2 rings (SSSR count). The van der Waals surface area contributed by atoms with Gasteiger partial charge < -0.3 is 10.1 Å². The van der Waals surface area contributed by atoms with E-state index in [1.165, 1.54) is 64.5 Å². The highest BCUT2D eigenvalue weighted by atomic mass is 16.5. The Bertz CT molecular complexity index is 227. The molecule has 106 valence electrons. The molecule has 1 saturated carbocycles. The molecule has 0 amide bonds. The normalized spacial score (nSPS) is 27.2. The first-order valence-corrected chi connectivity index (χ1v) is 8.03. The average Bonchev–Trinajstić information content (AvgIpc) is 2.97. The summed E-state index contributed by atoms with van der Waals surface area (Å²) in [7, 11) is 0. The van der Waals surface area contributed by atoms with Crippen molar-refractivity contribution in [2.75, 3.05) is 19.7 Å². The van der Waals surface area contributed by atoms with Crippen molar-refractivity contribution in [2.45, 2.75) is 71.3 Å². The van der Waals surface area contributed by atoms with Crippen molar-refractivity contribution in [3.8, 4) is 0 Å². The van der Waals surface area contributed by atoms with Gasteiger partial charge in [-0.25, -0.2) is 0 Å². The zero-order chi connectivity index (χ0) is 12.8. The first-order valence-electron chi connectivity index (χ1n) is 8.03. The molecule has 2 nitrogen and oxygen atoms in total. The Morgan fingerprint density at radius 2 is 2.00 bits per heavy atom. The summed E-state index contributed by atoms with van der Waals surface area (Å²) in [6.45, 7) is 7.99. The Hall–Kier alpha value is -0.0800. The van der Waals surface area contributed by atoms with E-state index in [9.17, 15) is 0 Å². The quantitative estimate of drug-likeness (QED) is 0.746. The number of hydrogen-bond donors (Lipinski definition) is 1. The summed E-state index contributed by atoms with van der Waals surface area (Å²) >= 11 is 0. The van der Waals surface area contributed by atoms with Crippen LogP contribution in [0.1, 0.15) is 65.2 Å². The molecule has 18 heavy (non-hydrogen) atoms. The zero-order valence-corrected chi connectivity index (χ0v) is 12.3. The monoisotopic (exact) mass is 253 g/mol. The van der Waals surface area contributed by atoms with Crippen LogP contribution in [0.3, 0.4) is 0 Å². The van der Waals surface area contributed by atoms with Crippen LogP contribution in [-0.4, -0.2) is 25.8 Å². The van der Waals surface area contributed by atoms with E-state index in [2.05, 4.69) is 19.2 Å². The van der Waals surface area contributed by atoms with Gasteiger partial charge in [-0.3, -0.25) is 0 Å². The molecule has 1 aliphatic heterocycles. The second-order valence-electron chi connectivity index (χ2n) is 6.91. The lowest BCUT2D eigenvalue weighted by atomic mass is 9.80. The molecular weight excluding hydrogens is 222 g/mol. The Morgan fingerprint density at radius 3 is 2.61 bits per heavy atom. The second-order valence-corrected chi connectivity index (χ2v) is 6.91. The van der Waals surface area contributed by atoms with Gasteiger partial charge in [0.15, 0.2) is 0 Å². The predicted octanol–water partition coefficient (Wildman–Crippen LogP) is 3.75. The van der Waals surface area contributed by atoms with Crippen molar-refractivity contribution in [3.63, 3.8) is 0 Å². The van der Waals surface area contributed by atoms with Crippen LogP contribution in [0.4, 0.5) is 0 Å². The van der Waals surface area contributed by atoms with E-state index in [0.29, 0.717) is 11.5 Å². The van der Waals surface area contributed by atoms with Gasteiger partial charge in [-0.2, -0.15) is 0 Å². The molecule has 2 heteroatoms. The number of ether oxygens (including phenoxy) is 1. The Balaban J connectivity index is 1.74. The van der Waals surface area contributed by atoms with Crippen LogP contribution >= 0.6 is 0 Å². The maximum absolute atomic E-state index is 5.78. The van der Waals surface area contributed by atoms with E-state index in [4.69, 9.17) is 4.74 Å². The molecule has 1 heterocycles. The lowest BCUT2D eigenvalue weighted by molar-refractivity contribution is 0.0872. The number of nitrogens with one attached hydrogen (secondary N) is 1. The molecule has 1 N–H and O–H groups in total. The standard InChI is InChI=1S/C16H31NO/c1-14(2)12-17-13-16(8-3-4-9-16)10-7-15-6-5-11-18-15/h14-15,17H,3-13H2,1-2H3. The fraction of sp³-hybridized carbons (Fsp3) is 1.00. The fourth-order valence-electron chi connectivity index (χ4n) is 3.61. The summed E-state index contributed by atoms with van der Waals surface area (Å²) in [6, 6.07) is 0. The zero-order valence-electron chi connectivity index (χ0n) is 12.3. The van der Waals surface area contributed by atoms with Crippen molar-refractivity contribution in [3.05, 3.63) is 0 Å². The predicted molar refractivity (Wildman–Crippen MR) is 76.8 cm³/mol. The molecule has 1 unspecified atom stereocenters. The van der Waals surface area contributed by atoms with Crippen molar-refractivity contribution in [1.29, 1.82) is 0 Å². The Morgan fingerprint density at radius 1 is 1.22 bits per heavy atom. The smallest absolute Gasteiger partial charge is 0.0576 e. The van der Waals surface area contributed by atoms with Crippen molar-refractivity contribution in [2.24, 2.45) is 11.3 Å². The minimum atomic E-state index is 0.576. The van der Waals surface area contributed by atoms with E-state index in [-0.39, 0.29) is 0 Å². The van der Waals surface area contributed by atoms with Crippen LogP contribution in [0.15, 0.2) is 0 Å². The van der Waals surface area contributed by atoms with Gasteiger partial charge in [0.25, 0.3) is 0 Å². The highest BCUT2D eigenvalue weighted by Crippen LogP contribution is 2.42. The topological polar surface area (TPSA) is 21.3 Å². The molecule has 2 aliphatic rings. The van der Waals surface area contributed by atoms with Gasteiger partial charge in [-0.1, -0.05) is 26.7 Å². The van der Waals surface area contributed by atoms with Crippen LogP contribution in [0, 0.1) is 11.3 Å². The maximum Gasteiger partial charge on any atom is 0.0576 e. The lowest BCUT2D eigenvalue weighted by Crippen LogP contribution is -2.34. The van der Waals surface area contributed by atoms with Gasteiger partial charge in [0.05, 0.1) is 6.10 Å². The minimum Gasteiger partial charge on any atom is -0.378 e. The molecular formula is C16H31NO. The molecule has 1 aliphatic carbocycles. The molecule has 0 aromatic carbocycles. The minimum absolute atomic E-state index is 0.576. The summed E-state index contributed by atoms with van der Waals surface area (Å²) in [5.74, 6) is 0.765. The number of rotatable bonds is 7. The molecule has 0 spiro atoms. The van der Waals surface area contributed by atoms with Gasteiger partial charge in [-0.05, 0) is 56.4 Å². The molecule has 1 saturated heterocycles. The van der Waals surface area contributed by atoms with Crippen molar-refractivity contribution in [1.82, 2.24) is 5.32 Å². The van der Waals surface area contributed by atoms with Gasteiger partial charge in [-0.15, -0.1) is 0 Å². The van der Waals surface area contributed by atoms with E-state index in [1.807, 2.05) is 0 Å². The second kappa shape index (κ2) is 6.91. The van der Waals surface area contributed by atoms with Gasteiger partial charge in [0.1, 0.15) is 0 Å². The van der Waals surface area contributed by atoms with E-state index >= 15 is 0 Å². The van der Waals surface area contributed by atoms with E-state index in [1.54, 1.807) is 0 Å². The Labute approximate surface area is 113 Å². The molecule has 0 aromatic rings. The van der Waals surface area contributed by atoms with Gasteiger partial charge >= 0.3 is 0 Å². The van der Waals surface area contributed by atoms with Crippen LogP contribution in [-0.2, 0) is 4.74 Å². The fourth-order valence-corrected chi connectivity index (χ4v) is 3.61. The van der Waals surface area contributed by atoms with Gasteiger partial charge in [0, 0.05) is 13.2 Å². The first kappa shape index (κ1) is 14.3. The van der Waals surface area contributed by atoms with E-state index < -0.39 is 0 Å². The third kappa shape index (κ3) is 4.24. The highest BCUT2D eigenvalue weighted by molar-refractivity contribution is 4.87. The SMILES string of the molecule is CC(C)CNCC1(CCC2CCCO2)CCCC1. The summed E-state index contributed by atoms with van der Waals surface area (Å²) in [5, 5.41) is 3.70. The maximum atomic E-state index is 5.78. The molecule has 2 fully saturated rings. The largest absolute Gasteiger partial charge is 0.378 e. The summed E-state index contributed by atoms with van der Waals surface area (Å²) in [4.78, 5) is 0. The van der Waals surface area contributed by atoms with Crippen molar-refractivity contribution >= 4 is 0 Å². The van der Waals surface area contributed by atoms with Crippen LogP contribution in [0.2, 0.25) is 0 Å². The third-order valence-electron chi connectivity index (χ3n) is 4.74. The summed E-state index contributed by atoms with van der Waals surface area (Å²) < 4.78 is 5.78. The van der Waals surface area contributed by atoms with Crippen LogP contribution in [0.5, 0.6) is 0 Å². The molecule has 1 atom stereocenters. The summed E-state index contributed by atoms with van der Waals surface area (Å²) in [6.07, 6.45) is 11.6. The molecule has 0 radical (unpaired) electrons.